The van der Waals surface area contributed by atoms with Crippen LogP contribution in [0.3, 0.4) is 0 Å². The van der Waals surface area contributed by atoms with Gasteiger partial charge in [-0.2, -0.15) is 0 Å². The van der Waals surface area contributed by atoms with Gasteiger partial charge in [0.05, 0.1) is 22.8 Å². The number of nitrogens with zero attached hydrogens (tertiary/aromatic N) is 3. The van der Waals surface area contributed by atoms with Gasteiger partial charge in [0.1, 0.15) is 5.54 Å². The number of para-hydroxylation sites is 3. The zero-order valence-corrected chi connectivity index (χ0v) is 26.8. The largest absolute Gasteiger partial charge is 0.324 e. The summed E-state index contributed by atoms with van der Waals surface area (Å²) in [5.74, 6) is -0.691. The standard InChI is InChI=1S/C36H28BrClN6O2/c37-22-13-11-20(12-14-22)33(45)32-31(30-10-5-17-43(30)36(32)25-19-23(38)15-16-27(25)40-35(36)46)24-18-21-6-1-2-7-26(21)39-34(24)44-29-9-4-3-8-28(29)41-42-44/h1-4,6-9,11-16,18-19,30-32,41-42H,5,10,17H2,(H,40,46). The molecule has 0 aliphatic carbocycles. The molecule has 5 heterocycles. The van der Waals surface area contributed by atoms with Gasteiger partial charge in [0.25, 0.3) is 0 Å². The molecule has 4 atom stereocenters. The third kappa shape index (κ3) is 3.89. The third-order valence-electron chi connectivity index (χ3n) is 10.1. The summed E-state index contributed by atoms with van der Waals surface area (Å²) in [6.45, 7) is 0.688. The number of hydrogen-bond acceptors (Lipinski definition) is 7. The number of nitrogens with one attached hydrogen (secondary N) is 3. The van der Waals surface area contributed by atoms with E-state index in [9.17, 15) is 4.79 Å². The minimum Gasteiger partial charge on any atom is -0.324 e. The van der Waals surface area contributed by atoms with Crippen molar-refractivity contribution in [1.29, 1.82) is 0 Å². The maximum Gasteiger partial charge on any atom is 0.250 e. The van der Waals surface area contributed by atoms with Gasteiger partial charge in [0, 0.05) is 49.2 Å². The van der Waals surface area contributed by atoms with Crippen LogP contribution in [0.4, 0.5) is 22.9 Å². The molecule has 2 saturated heterocycles. The Hall–Kier alpha value is -4.28. The number of aromatic nitrogens is 1. The minimum atomic E-state index is -1.24. The van der Waals surface area contributed by atoms with Crippen LogP contribution in [0.25, 0.3) is 10.9 Å². The molecule has 0 radical (unpaired) electrons. The first kappa shape index (κ1) is 28.0. The Kier molecular flexibility index (Phi) is 6.31. The van der Waals surface area contributed by atoms with E-state index in [-0.39, 0.29) is 23.7 Å². The molecule has 4 aromatic carbocycles. The normalized spacial score (nSPS) is 24.6. The van der Waals surface area contributed by atoms with E-state index in [1.165, 1.54) is 0 Å². The second-order valence-corrected chi connectivity index (χ2v) is 13.7. The number of hydrazine groups is 2. The van der Waals surface area contributed by atoms with Crippen molar-refractivity contribution in [3.8, 4) is 0 Å². The Morgan fingerprint density at radius 1 is 0.957 bits per heavy atom. The van der Waals surface area contributed by atoms with E-state index < -0.39 is 11.5 Å². The third-order valence-corrected chi connectivity index (χ3v) is 10.9. The molecule has 228 valence electrons. The highest BCUT2D eigenvalue weighted by atomic mass is 79.9. The summed E-state index contributed by atoms with van der Waals surface area (Å²) in [7, 11) is 0. The lowest BCUT2D eigenvalue weighted by Gasteiger charge is -2.37. The van der Waals surface area contributed by atoms with E-state index >= 15 is 4.79 Å². The molecule has 1 spiro atoms. The van der Waals surface area contributed by atoms with Crippen molar-refractivity contribution in [2.45, 2.75) is 30.3 Å². The number of hydrogen-bond donors (Lipinski definition) is 3. The van der Waals surface area contributed by atoms with Crippen molar-refractivity contribution >= 4 is 73.0 Å². The van der Waals surface area contributed by atoms with Crippen LogP contribution in [-0.4, -0.2) is 34.2 Å². The lowest BCUT2D eigenvalue weighted by atomic mass is 9.68. The molecular weight excluding hydrogens is 664 g/mol. The van der Waals surface area contributed by atoms with Gasteiger partial charge in [0.15, 0.2) is 11.6 Å². The molecule has 46 heavy (non-hydrogen) atoms. The molecule has 9 rings (SSSR count). The number of fused-ring (bicyclic) bond motifs is 6. The molecule has 1 aromatic heterocycles. The van der Waals surface area contributed by atoms with Crippen LogP contribution < -0.4 is 21.3 Å². The number of rotatable bonds is 4. The van der Waals surface area contributed by atoms with Gasteiger partial charge in [-0.05, 0) is 74.0 Å². The smallest absolute Gasteiger partial charge is 0.250 e. The lowest BCUT2D eigenvalue weighted by molar-refractivity contribution is -0.127. The molecule has 3 N–H and O–H groups in total. The molecule has 0 bridgehead atoms. The average Bonchev–Trinajstić information content (AvgIpc) is 3.84. The first-order valence-electron chi connectivity index (χ1n) is 15.4. The summed E-state index contributed by atoms with van der Waals surface area (Å²) >= 11 is 10.2. The monoisotopic (exact) mass is 690 g/mol. The van der Waals surface area contributed by atoms with Crippen LogP contribution in [0.15, 0.2) is 102 Å². The van der Waals surface area contributed by atoms with Gasteiger partial charge in [-0.3, -0.25) is 14.5 Å². The maximum absolute atomic E-state index is 15.2. The highest BCUT2D eigenvalue weighted by Gasteiger charge is 2.69. The molecule has 0 saturated carbocycles. The molecule has 4 aliphatic rings. The van der Waals surface area contributed by atoms with E-state index in [2.05, 4.69) is 49.2 Å². The summed E-state index contributed by atoms with van der Waals surface area (Å²) in [6, 6.07) is 31.1. The molecule has 4 aliphatic heterocycles. The fourth-order valence-electron chi connectivity index (χ4n) is 8.34. The van der Waals surface area contributed by atoms with Crippen LogP contribution in [0.1, 0.15) is 40.2 Å². The fraction of sp³-hybridized carbons (Fsp3) is 0.194. The van der Waals surface area contributed by atoms with Crippen molar-refractivity contribution in [3.05, 3.63) is 123 Å². The maximum atomic E-state index is 15.2. The summed E-state index contributed by atoms with van der Waals surface area (Å²) in [6.07, 6.45) is 1.75. The van der Waals surface area contributed by atoms with Crippen LogP contribution in [0.2, 0.25) is 5.02 Å². The zero-order valence-electron chi connectivity index (χ0n) is 24.5. The highest BCUT2D eigenvalue weighted by molar-refractivity contribution is 9.10. The minimum absolute atomic E-state index is 0.0816. The van der Waals surface area contributed by atoms with Gasteiger partial charge in [0.2, 0.25) is 5.91 Å². The summed E-state index contributed by atoms with van der Waals surface area (Å²) < 4.78 is 0.880. The number of carbonyl (C=O) groups excluding carboxylic acids is 2. The molecule has 1 amide bonds. The summed E-state index contributed by atoms with van der Waals surface area (Å²) in [5, 5.41) is 6.61. The zero-order chi connectivity index (χ0) is 31.2. The van der Waals surface area contributed by atoms with Gasteiger partial charge >= 0.3 is 0 Å². The van der Waals surface area contributed by atoms with Gasteiger partial charge in [-0.15, -0.1) is 5.53 Å². The number of pyridine rings is 1. The fourth-order valence-corrected chi connectivity index (χ4v) is 8.77. The molecule has 4 unspecified atom stereocenters. The van der Waals surface area contributed by atoms with Crippen molar-refractivity contribution < 1.29 is 9.59 Å². The van der Waals surface area contributed by atoms with E-state index in [1.54, 1.807) is 6.07 Å². The number of anilines is 4. The van der Waals surface area contributed by atoms with Crippen molar-refractivity contribution in [1.82, 2.24) is 15.4 Å². The van der Waals surface area contributed by atoms with E-state index in [0.29, 0.717) is 28.6 Å². The van der Waals surface area contributed by atoms with Gasteiger partial charge in [-0.1, -0.05) is 70.0 Å². The van der Waals surface area contributed by atoms with Crippen LogP contribution in [0, 0.1) is 5.92 Å². The van der Waals surface area contributed by atoms with E-state index in [1.807, 2.05) is 83.9 Å². The summed E-state index contributed by atoms with van der Waals surface area (Å²) in [5.41, 5.74) is 11.0. The Morgan fingerprint density at radius 2 is 1.76 bits per heavy atom. The lowest BCUT2D eigenvalue weighted by Crippen LogP contribution is -2.52. The Labute approximate surface area is 278 Å². The Balaban J connectivity index is 1.33. The molecule has 8 nitrogen and oxygen atoms in total. The highest BCUT2D eigenvalue weighted by Crippen LogP contribution is 2.62. The number of carbonyl (C=O) groups is 2. The first-order valence-corrected chi connectivity index (χ1v) is 16.6. The number of amides is 1. The molecule has 10 heteroatoms. The topological polar surface area (TPSA) is 89.6 Å². The molecule has 5 aromatic rings. The Bertz CT molecular complexity index is 2090. The predicted molar refractivity (Wildman–Crippen MR) is 183 cm³/mol. The number of halogens is 2. The van der Waals surface area contributed by atoms with E-state index in [0.717, 1.165) is 50.7 Å². The van der Waals surface area contributed by atoms with Crippen molar-refractivity contribution in [2.24, 2.45) is 5.92 Å². The van der Waals surface area contributed by atoms with Crippen LogP contribution in [-0.2, 0) is 10.3 Å². The van der Waals surface area contributed by atoms with Gasteiger partial charge < -0.3 is 10.7 Å². The SMILES string of the molecule is O=C(c1ccc(Br)cc1)C1C(c2cc3ccccc3nc2N2NNc3ccccc32)C2CCCN2C12C(=O)Nc1ccc(Cl)cc12. The second kappa shape index (κ2) is 10.4. The van der Waals surface area contributed by atoms with Crippen molar-refractivity contribution in [2.75, 3.05) is 22.3 Å². The van der Waals surface area contributed by atoms with Crippen LogP contribution in [0.5, 0.6) is 0 Å². The predicted octanol–water partition coefficient (Wildman–Crippen LogP) is 7.54. The van der Waals surface area contributed by atoms with Gasteiger partial charge in [-0.25, -0.2) is 9.99 Å². The first-order chi connectivity index (χ1) is 22.4. The second-order valence-electron chi connectivity index (χ2n) is 12.4. The number of benzene rings is 4. The summed E-state index contributed by atoms with van der Waals surface area (Å²) in [4.78, 5) is 37.3. The number of ketones is 1. The van der Waals surface area contributed by atoms with Crippen molar-refractivity contribution in [3.63, 3.8) is 0 Å². The van der Waals surface area contributed by atoms with Crippen LogP contribution >= 0.6 is 27.5 Å². The number of Topliss-reactive ketones (excluding diaryl/α,β-unsaturated/α-hetero) is 1. The average molecular weight is 692 g/mol. The molecule has 2 fully saturated rings. The van der Waals surface area contributed by atoms with E-state index in [4.69, 9.17) is 16.6 Å². The quantitative estimate of drug-likeness (QED) is 0.168. The Morgan fingerprint density at radius 3 is 2.63 bits per heavy atom. The molecular formula is C36H28BrClN6O2.